The topological polar surface area (TPSA) is 12.4 Å². The van der Waals surface area contributed by atoms with Crippen molar-refractivity contribution in [2.24, 2.45) is 4.99 Å². The Bertz CT molecular complexity index is 105. The normalized spacial score (nSPS) is 42.2. The van der Waals surface area contributed by atoms with Crippen LogP contribution in [0.25, 0.3) is 0 Å². The van der Waals surface area contributed by atoms with Gasteiger partial charge in [0, 0.05) is 0 Å². The van der Waals surface area contributed by atoms with Crippen LogP contribution in [0.15, 0.2) is 4.99 Å². The molecule has 0 amide bonds. The highest BCUT2D eigenvalue weighted by molar-refractivity contribution is 5.95. The molecule has 0 spiro atoms. The van der Waals surface area contributed by atoms with Crippen LogP contribution in [-0.2, 0) is 0 Å². The lowest BCUT2D eigenvalue weighted by Crippen LogP contribution is -1.98. The molecule has 0 aromatic heterocycles. The van der Waals surface area contributed by atoms with Crippen molar-refractivity contribution in [3.8, 4) is 0 Å². The summed E-state index contributed by atoms with van der Waals surface area (Å²) in [6.45, 7) is 1.07. The standard InChI is InChI=1S/C3H3F2N/c1-3(5)2(4)6-3/h1H3. The predicted molar refractivity (Wildman–Crippen MR) is 18.1 cm³/mol. The first-order valence-electron chi connectivity index (χ1n) is 1.58. The van der Waals surface area contributed by atoms with Gasteiger partial charge in [-0.2, -0.15) is 4.39 Å². The SMILES string of the molecule is CC1(F)N=C1F. The highest BCUT2D eigenvalue weighted by Gasteiger charge is 2.43. The van der Waals surface area contributed by atoms with E-state index < -0.39 is 11.8 Å². The first-order valence-corrected chi connectivity index (χ1v) is 1.58. The zero-order valence-electron chi connectivity index (χ0n) is 3.20. The van der Waals surface area contributed by atoms with Gasteiger partial charge in [0.25, 0.3) is 5.79 Å². The number of nitrogens with zero attached hydrogens (tertiary/aromatic N) is 1. The minimum absolute atomic E-state index is 0.887. The molecule has 0 aromatic carbocycles. The van der Waals surface area contributed by atoms with Gasteiger partial charge >= 0.3 is 0 Å². The highest BCUT2D eigenvalue weighted by atomic mass is 19.2. The number of aliphatic imine (C=N–C) groups is 1. The van der Waals surface area contributed by atoms with Crippen LogP contribution >= 0.6 is 0 Å². The van der Waals surface area contributed by atoms with E-state index in [0.29, 0.717) is 0 Å². The van der Waals surface area contributed by atoms with Gasteiger partial charge in [-0.3, -0.25) is 0 Å². The minimum atomic E-state index is -1.92. The molecule has 0 fully saturated rings. The average molecular weight is 91.1 g/mol. The molecule has 3 heteroatoms. The van der Waals surface area contributed by atoms with Gasteiger partial charge in [0.05, 0.1) is 0 Å². The van der Waals surface area contributed by atoms with E-state index in [1.54, 1.807) is 0 Å². The fraction of sp³-hybridized carbons (Fsp3) is 0.667. The molecule has 1 unspecified atom stereocenters. The third-order valence-corrected chi connectivity index (χ3v) is 0.635. The van der Waals surface area contributed by atoms with Gasteiger partial charge in [0.1, 0.15) is 0 Å². The van der Waals surface area contributed by atoms with Gasteiger partial charge in [-0.1, -0.05) is 0 Å². The van der Waals surface area contributed by atoms with Gasteiger partial charge in [-0.05, 0) is 6.92 Å². The van der Waals surface area contributed by atoms with E-state index in [0.717, 1.165) is 6.92 Å². The Morgan fingerprint density at radius 1 is 1.83 bits per heavy atom. The Labute approximate surface area is 33.7 Å². The Morgan fingerprint density at radius 2 is 2.00 bits per heavy atom. The molecule has 34 valence electrons. The second-order valence-electron chi connectivity index (χ2n) is 1.36. The number of hydrogen-bond donors (Lipinski definition) is 0. The first kappa shape index (κ1) is 3.71. The molecule has 0 radical (unpaired) electrons. The summed E-state index contributed by atoms with van der Waals surface area (Å²) in [5.74, 6) is -2.80. The summed E-state index contributed by atoms with van der Waals surface area (Å²) in [7, 11) is 0. The molecule has 1 rings (SSSR count). The summed E-state index contributed by atoms with van der Waals surface area (Å²) in [5.41, 5.74) is 0. The molecule has 1 nitrogen and oxygen atoms in total. The van der Waals surface area contributed by atoms with Crippen molar-refractivity contribution in [2.75, 3.05) is 0 Å². The smallest absolute Gasteiger partial charge is 0.209 e. The largest absolute Gasteiger partial charge is 0.268 e. The van der Waals surface area contributed by atoms with Crippen LogP contribution in [-0.4, -0.2) is 11.8 Å². The van der Waals surface area contributed by atoms with E-state index in [4.69, 9.17) is 0 Å². The molecule has 0 aromatic rings. The number of rotatable bonds is 0. The predicted octanol–water partition coefficient (Wildman–Crippen LogP) is 1.05. The van der Waals surface area contributed by atoms with E-state index in [2.05, 4.69) is 4.99 Å². The van der Waals surface area contributed by atoms with Crippen molar-refractivity contribution in [2.45, 2.75) is 12.7 Å². The molecule has 1 heterocycles. The van der Waals surface area contributed by atoms with Crippen molar-refractivity contribution in [3.05, 3.63) is 0 Å². The van der Waals surface area contributed by atoms with Crippen LogP contribution in [0, 0.1) is 0 Å². The molecule has 0 N–H and O–H groups in total. The molecular weight excluding hydrogens is 88.0 g/mol. The van der Waals surface area contributed by atoms with Crippen LogP contribution in [0.4, 0.5) is 8.78 Å². The van der Waals surface area contributed by atoms with Crippen LogP contribution in [0.5, 0.6) is 0 Å². The molecule has 6 heavy (non-hydrogen) atoms. The summed E-state index contributed by atoms with van der Waals surface area (Å²) in [4.78, 5) is 2.77. The minimum Gasteiger partial charge on any atom is -0.209 e. The molecule has 1 aliphatic rings. The monoisotopic (exact) mass is 91.0 g/mol. The van der Waals surface area contributed by atoms with Crippen LogP contribution < -0.4 is 0 Å². The van der Waals surface area contributed by atoms with E-state index >= 15 is 0 Å². The summed E-state index contributed by atoms with van der Waals surface area (Å²) in [6, 6.07) is 0. The lowest BCUT2D eigenvalue weighted by molar-refractivity contribution is 0.343. The fourth-order valence-corrected chi connectivity index (χ4v) is 0.156. The fourth-order valence-electron chi connectivity index (χ4n) is 0.156. The second-order valence-corrected chi connectivity index (χ2v) is 1.36. The van der Waals surface area contributed by atoms with Gasteiger partial charge in [-0.15, -0.1) is 0 Å². The molecule has 0 aliphatic carbocycles. The number of hydrogen-bond acceptors (Lipinski definition) is 1. The maximum absolute atomic E-state index is 11.6. The Kier molecular flexibility index (Phi) is 0.384. The third kappa shape index (κ3) is 0.311. The van der Waals surface area contributed by atoms with Crippen LogP contribution in [0.3, 0.4) is 0 Å². The number of alkyl halides is 1. The van der Waals surface area contributed by atoms with Crippen molar-refractivity contribution in [1.29, 1.82) is 0 Å². The van der Waals surface area contributed by atoms with Crippen molar-refractivity contribution < 1.29 is 8.78 Å². The molecular formula is C3H3F2N. The molecule has 0 saturated carbocycles. The van der Waals surface area contributed by atoms with Crippen LogP contribution in [0.1, 0.15) is 6.92 Å². The Morgan fingerprint density at radius 3 is 2.00 bits per heavy atom. The van der Waals surface area contributed by atoms with E-state index in [-0.39, 0.29) is 0 Å². The molecule has 0 saturated heterocycles. The summed E-state index contributed by atoms with van der Waals surface area (Å²) in [6.07, 6.45) is 0. The lowest BCUT2D eigenvalue weighted by atomic mass is 10.5. The summed E-state index contributed by atoms with van der Waals surface area (Å²) in [5, 5.41) is 0. The van der Waals surface area contributed by atoms with Gasteiger partial charge in [0.2, 0.25) is 5.97 Å². The maximum atomic E-state index is 11.6. The first-order chi connectivity index (χ1) is 2.63. The molecule has 1 aliphatic heterocycles. The van der Waals surface area contributed by atoms with Crippen molar-refractivity contribution in [1.82, 2.24) is 0 Å². The lowest BCUT2D eigenvalue weighted by Gasteiger charge is -1.81. The average Bonchev–Trinajstić information content (AvgIpc) is 1.73. The van der Waals surface area contributed by atoms with E-state index in [1.807, 2.05) is 0 Å². The van der Waals surface area contributed by atoms with Crippen molar-refractivity contribution >= 4 is 5.97 Å². The summed E-state index contributed by atoms with van der Waals surface area (Å²) < 4.78 is 22.9. The zero-order valence-corrected chi connectivity index (χ0v) is 3.20. The van der Waals surface area contributed by atoms with E-state index in [1.165, 1.54) is 0 Å². The zero-order chi connectivity index (χ0) is 4.78. The van der Waals surface area contributed by atoms with Gasteiger partial charge < -0.3 is 0 Å². The Balaban J connectivity index is 2.53. The van der Waals surface area contributed by atoms with Gasteiger partial charge in [0.15, 0.2) is 0 Å². The van der Waals surface area contributed by atoms with E-state index in [9.17, 15) is 8.78 Å². The van der Waals surface area contributed by atoms with Gasteiger partial charge in [-0.25, -0.2) is 9.38 Å². The Hall–Kier alpha value is -0.470. The molecule has 1 atom stereocenters. The van der Waals surface area contributed by atoms with Crippen molar-refractivity contribution in [3.63, 3.8) is 0 Å². The second kappa shape index (κ2) is 0.622. The van der Waals surface area contributed by atoms with Crippen LogP contribution in [0.2, 0.25) is 0 Å². The summed E-state index contributed by atoms with van der Waals surface area (Å²) >= 11 is 0. The third-order valence-electron chi connectivity index (χ3n) is 0.635. The maximum Gasteiger partial charge on any atom is 0.268 e. The highest BCUT2D eigenvalue weighted by Crippen LogP contribution is 2.28. The molecule has 0 bridgehead atoms. The number of halogens is 2. The quantitative estimate of drug-likeness (QED) is 0.395.